The second-order valence-electron chi connectivity index (χ2n) is 6.84. The number of anilines is 1. The van der Waals surface area contributed by atoms with Crippen molar-refractivity contribution in [1.82, 2.24) is 0 Å². The van der Waals surface area contributed by atoms with Crippen molar-refractivity contribution in [2.45, 2.75) is 18.9 Å². The van der Waals surface area contributed by atoms with E-state index < -0.39 is 23.1 Å². The summed E-state index contributed by atoms with van der Waals surface area (Å²) in [7, 11) is 0. The molecule has 0 saturated heterocycles. The molecule has 2 aromatic carbocycles. The van der Waals surface area contributed by atoms with Gasteiger partial charge in [0.1, 0.15) is 35.4 Å². The topological polar surface area (TPSA) is 114 Å². The lowest BCUT2D eigenvalue weighted by Crippen LogP contribution is -2.45. The van der Waals surface area contributed by atoms with Crippen LogP contribution >= 0.6 is 0 Å². The van der Waals surface area contributed by atoms with Crippen molar-refractivity contribution in [2.24, 2.45) is 5.73 Å². The van der Waals surface area contributed by atoms with E-state index in [1.807, 2.05) is 12.1 Å². The number of esters is 1. The molecule has 0 unspecified atom stereocenters. The zero-order chi connectivity index (χ0) is 21.5. The molecule has 30 heavy (non-hydrogen) atoms. The average molecular weight is 405 g/mol. The third kappa shape index (κ3) is 2.71. The first-order chi connectivity index (χ1) is 14.4. The van der Waals surface area contributed by atoms with Crippen LogP contribution in [0.3, 0.4) is 0 Å². The van der Waals surface area contributed by atoms with Crippen LogP contribution in [0.15, 0.2) is 71.3 Å². The molecule has 8 heteroatoms. The summed E-state index contributed by atoms with van der Waals surface area (Å²) in [6, 6.07) is 14.4. The molecule has 2 aliphatic heterocycles. The molecule has 0 bridgehead atoms. The Morgan fingerprint density at radius 2 is 2.03 bits per heavy atom. The van der Waals surface area contributed by atoms with Gasteiger partial charge in [0.05, 0.1) is 0 Å². The van der Waals surface area contributed by atoms with E-state index in [-0.39, 0.29) is 40.6 Å². The van der Waals surface area contributed by atoms with Gasteiger partial charge < -0.3 is 20.5 Å². The normalized spacial score (nSPS) is 19.8. The number of nitriles is 1. The van der Waals surface area contributed by atoms with Crippen LogP contribution in [0.5, 0.6) is 0 Å². The summed E-state index contributed by atoms with van der Waals surface area (Å²) in [5.74, 6) is -2.55. The number of rotatable bonds is 3. The minimum atomic E-state index is -1.97. The number of nitrogens with zero attached hydrogens (tertiary/aromatic N) is 1. The van der Waals surface area contributed by atoms with Gasteiger partial charge >= 0.3 is 5.97 Å². The third-order valence-electron chi connectivity index (χ3n) is 5.11. The summed E-state index contributed by atoms with van der Waals surface area (Å²) in [6.45, 7) is 1.37. The van der Waals surface area contributed by atoms with Crippen molar-refractivity contribution in [3.63, 3.8) is 0 Å². The molecule has 0 aromatic heterocycles. The van der Waals surface area contributed by atoms with Gasteiger partial charge in [0.25, 0.3) is 0 Å². The highest BCUT2D eigenvalue weighted by Gasteiger charge is 2.60. The SMILES string of the molecule is CC1=C(C(=O)OCc2ccccc2)[C@]2(C(=O)Nc3ccc(F)cc32)C(C#N)=C(N)O1. The molecule has 1 amide bonds. The van der Waals surface area contributed by atoms with Crippen LogP contribution in [0.4, 0.5) is 10.1 Å². The number of carbonyl (C=O) groups excluding carboxylic acids is 2. The Morgan fingerprint density at radius 1 is 1.30 bits per heavy atom. The molecule has 2 aromatic rings. The second kappa shape index (κ2) is 7.04. The molecular weight excluding hydrogens is 389 g/mol. The molecule has 0 saturated carbocycles. The van der Waals surface area contributed by atoms with Gasteiger partial charge in [0.2, 0.25) is 11.8 Å². The molecule has 150 valence electrons. The van der Waals surface area contributed by atoms with E-state index in [1.165, 1.54) is 19.1 Å². The predicted molar refractivity (Wildman–Crippen MR) is 104 cm³/mol. The number of nitrogens with two attached hydrogens (primary N) is 1. The van der Waals surface area contributed by atoms with Gasteiger partial charge in [-0.2, -0.15) is 5.26 Å². The molecule has 2 heterocycles. The van der Waals surface area contributed by atoms with E-state index >= 15 is 0 Å². The maximum Gasteiger partial charge on any atom is 0.339 e. The Kier molecular flexibility index (Phi) is 4.51. The van der Waals surface area contributed by atoms with E-state index in [1.54, 1.807) is 24.3 Å². The van der Waals surface area contributed by atoms with Gasteiger partial charge in [-0.25, -0.2) is 9.18 Å². The monoisotopic (exact) mass is 405 g/mol. The van der Waals surface area contributed by atoms with Crippen molar-refractivity contribution in [3.8, 4) is 6.07 Å². The van der Waals surface area contributed by atoms with Crippen molar-refractivity contribution in [1.29, 1.82) is 5.26 Å². The van der Waals surface area contributed by atoms with Gasteiger partial charge in [-0.1, -0.05) is 30.3 Å². The Labute approximate surface area is 171 Å². The predicted octanol–water partition coefficient (Wildman–Crippen LogP) is 2.76. The van der Waals surface area contributed by atoms with E-state index in [4.69, 9.17) is 15.2 Å². The van der Waals surface area contributed by atoms with Crippen LogP contribution in [0.1, 0.15) is 18.1 Å². The first kappa shape index (κ1) is 19.2. The number of benzene rings is 2. The lowest BCUT2D eigenvalue weighted by molar-refractivity contribution is -0.142. The molecule has 3 N–H and O–H groups in total. The highest BCUT2D eigenvalue weighted by atomic mass is 19.1. The summed E-state index contributed by atoms with van der Waals surface area (Å²) in [4.78, 5) is 26.3. The smallest absolute Gasteiger partial charge is 0.339 e. The molecular formula is C22H16FN3O4. The van der Waals surface area contributed by atoms with Crippen molar-refractivity contribution in [2.75, 3.05) is 5.32 Å². The lowest BCUT2D eigenvalue weighted by atomic mass is 9.68. The summed E-state index contributed by atoms with van der Waals surface area (Å²) in [6.07, 6.45) is 0. The summed E-state index contributed by atoms with van der Waals surface area (Å²) in [5.41, 5.74) is 4.50. The highest BCUT2D eigenvalue weighted by molar-refractivity contribution is 6.17. The lowest BCUT2D eigenvalue weighted by Gasteiger charge is -2.33. The summed E-state index contributed by atoms with van der Waals surface area (Å²) < 4.78 is 24.9. The molecule has 0 fully saturated rings. The summed E-state index contributed by atoms with van der Waals surface area (Å²) in [5, 5.41) is 12.4. The average Bonchev–Trinajstić information content (AvgIpc) is 2.99. The van der Waals surface area contributed by atoms with Crippen LogP contribution < -0.4 is 11.1 Å². The molecule has 0 radical (unpaired) electrons. The van der Waals surface area contributed by atoms with Crippen molar-refractivity contribution < 1.29 is 23.5 Å². The highest BCUT2D eigenvalue weighted by Crippen LogP contribution is 2.52. The van der Waals surface area contributed by atoms with Crippen LogP contribution in [-0.4, -0.2) is 11.9 Å². The Morgan fingerprint density at radius 3 is 2.73 bits per heavy atom. The first-order valence-corrected chi connectivity index (χ1v) is 9.01. The largest absolute Gasteiger partial charge is 0.457 e. The molecule has 0 aliphatic carbocycles. The fourth-order valence-electron chi connectivity index (χ4n) is 3.84. The van der Waals surface area contributed by atoms with Crippen LogP contribution in [0.25, 0.3) is 0 Å². The number of allylic oxidation sites excluding steroid dienone is 1. The number of carbonyl (C=O) groups is 2. The number of hydrogen-bond donors (Lipinski definition) is 2. The zero-order valence-corrected chi connectivity index (χ0v) is 15.9. The minimum absolute atomic E-state index is 0.00294. The van der Waals surface area contributed by atoms with E-state index in [0.29, 0.717) is 0 Å². The van der Waals surface area contributed by atoms with Gasteiger partial charge in [-0.3, -0.25) is 4.79 Å². The number of halogens is 1. The van der Waals surface area contributed by atoms with Gasteiger partial charge in [-0.15, -0.1) is 0 Å². The molecule has 7 nitrogen and oxygen atoms in total. The van der Waals surface area contributed by atoms with E-state index in [9.17, 15) is 19.2 Å². The maximum absolute atomic E-state index is 14.1. The second-order valence-corrected chi connectivity index (χ2v) is 6.84. The molecule has 1 spiro atoms. The number of fused-ring (bicyclic) bond motifs is 2. The van der Waals surface area contributed by atoms with Gasteiger partial charge in [0, 0.05) is 11.3 Å². The molecule has 1 atom stereocenters. The van der Waals surface area contributed by atoms with E-state index in [2.05, 4.69) is 5.32 Å². The first-order valence-electron chi connectivity index (χ1n) is 9.01. The number of nitrogens with one attached hydrogen (secondary N) is 1. The Bertz CT molecular complexity index is 1180. The van der Waals surface area contributed by atoms with Crippen LogP contribution in [0.2, 0.25) is 0 Å². The van der Waals surface area contributed by atoms with Gasteiger partial charge in [0.15, 0.2) is 5.41 Å². The Balaban J connectivity index is 1.86. The Hall–Kier alpha value is -4.12. The quantitative estimate of drug-likeness (QED) is 0.759. The number of hydrogen-bond acceptors (Lipinski definition) is 6. The van der Waals surface area contributed by atoms with Crippen molar-refractivity contribution >= 4 is 17.6 Å². The molecule has 2 aliphatic rings. The zero-order valence-electron chi connectivity index (χ0n) is 15.9. The standard InChI is InChI=1S/C22H16FN3O4/c1-12-18(20(27)29-11-13-5-3-2-4-6-13)22(16(10-24)19(25)30-12)15-9-14(23)7-8-17(15)26-21(22)28/h2-9H,11,25H2,1H3,(H,26,28)/t22-/m1/s1. The maximum atomic E-state index is 14.1. The fraction of sp³-hybridized carbons (Fsp3) is 0.136. The number of amides is 1. The van der Waals surface area contributed by atoms with Crippen LogP contribution in [0, 0.1) is 17.1 Å². The van der Waals surface area contributed by atoms with Crippen molar-refractivity contribution in [3.05, 3.63) is 88.3 Å². The minimum Gasteiger partial charge on any atom is -0.457 e. The van der Waals surface area contributed by atoms with Gasteiger partial charge in [-0.05, 0) is 30.7 Å². The number of ether oxygens (including phenoxy) is 2. The van der Waals surface area contributed by atoms with E-state index in [0.717, 1.165) is 11.6 Å². The summed E-state index contributed by atoms with van der Waals surface area (Å²) >= 11 is 0. The third-order valence-corrected chi connectivity index (χ3v) is 5.11. The molecule has 4 rings (SSSR count). The van der Waals surface area contributed by atoms with Crippen LogP contribution in [-0.2, 0) is 31.1 Å². The fourth-order valence-corrected chi connectivity index (χ4v) is 3.84.